The van der Waals surface area contributed by atoms with Crippen LogP contribution < -0.4 is 5.56 Å². The van der Waals surface area contributed by atoms with Crippen LogP contribution in [0, 0.1) is 0 Å². The van der Waals surface area contributed by atoms with E-state index in [1.807, 2.05) is 4.57 Å². The molecule has 2 aromatic heterocycles. The fourth-order valence-electron chi connectivity index (χ4n) is 3.17. The van der Waals surface area contributed by atoms with Crippen LogP contribution in [0.15, 0.2) is 9.95 Å². The lowest BCUT2D eigenvalue weighted by molar-refractivity contribution is 0.136. The third-order valence-corrected chi connectivity index (χ3v) is 6.91. The van der Waals surface area contributed by atoms with Crippen LogP contribution >= 0.6 is 35.5 Å². The lowest BCUT2D eigenvalue weighted by atomic mass is 9.88. The Morgan fingerprint density at radius 1 is 1.32 bits per heavy atom. The fourth-order valence-corrected chi connectivity index (χ4v) is 5.40. The summed E-state index contributed by atoms with van der Waals surface area (Å²) in [6.07, 6.45) is 1.99. The van der Waals surface area contributed by atoms with Crippen molar-refractivity contribution >= 4 is 45.7 Å². The summed E-state index contributed by atoms with van der Waals surface area (Å²) in [6, 6.07) is 0. The minimum atomic E-state index is 0. The number of fused-ring (bicyclic) bond motifs is 4. The minimum absolute atomic E-state index is 0. The molecule has 2 aliphatic heterocycles. The van der Waals surface area contributed by atoms with E-state index in [0.717, 1.165) is 47.1 Å². The van der Waals surface area contributed by atoms with Gasteiger partial charge in [0, 0.05) is 29.3 Å². The Balaban J connectivity index is 0.00000144. The van der Waals surface area contributed by atoms with Crippen LogP contribution in [0.3, 0.4) is 0 Å². The monoisotopic (exact) mass is 357 g/mol. The maximum absolute atomic E-state index is 12.9. The molecule has 0 aromatic carbocycles. The second-order valence-electron chi connectivity index (χ2n) is 6.58. The molecular weight excluding hydrogens is 338 g/mol. The van der Waals surface area contributed by atoms with Gasteiger partial charge < -0.3 is 0 Å². The number of thioether (sulfide) groups is 1. The molecule has 0 amide bonds. The molecule has 0 N–H and O–H groups in total. The van der Waals surface area contributed by atoms with Gasteiger partial charge in [0.2, 0.25) is 0 Å². The third-order valence-electron chi connectivity index (χ3n) is 4.74. The lowest BCUT2D eigenvalue weighted by Gasteiger charge is -2.39. The molecule has 0 atom stereocenters. The molecule has 4 rings (SSSR count). The molecule has 0 fully saturated rings. The molecule has 0 radical (unpaired) electrons. The molecule has 22 heavy (non-hydrogen) atoms. The van der Waals surface area contributed by atoms with Crippen LogP contribution in [0.2, 0.25) is 0 Å². The normalized spacial score (nSPS) is 20.3. The SMILES string of the molecule is CN1Cc2sc3nc4n(c(=O)c3c2CC1(C)C)CCCS4.Cl. The maximum atomic E-state index is 12.9. The smallest absolute Gasteiger partial charge is 0.263 e. The first kappa shape index (κ1) is 16.3. The summed E-state index contributed by atoms with van der Waals surface area (Å²) >= 11 is 3.42. The van der Waals surface area contributed by atoms with E-state index in [1.165, 1.54) is 10.4 Å². The predicted molar refractivity (Wildman–Crippen MR) is 95.7 cm³/mol. The van der Waals surface area contributed by atoms with Crippen LogP contribution in [0.1, 0.15) is 30.7 Å². The topological polar surface area (TPSA) is 38.1 Å². The van der Waals surface area contributed by atoms with E-state index >= 15 is 0 Å². The maximum Gasteiger partial charge on any atom is 0.263 e. The van der Waals surface area contributed by atoms with Crippen LogP contribution in [0.25, 0.3) is 10.2 Å². The summed E-state index contributed by atoms with van der Waals surface area (Å²) in [4.78, 5) is 22.3. The Morgan fingerprint density at radius 3 is 2.86 bits per heavy atom. The zero-order chi connectivity index (χ0) is 14.8. The van der Waals surface area contributed by atoms with E-state index in [-0.39, 0.29) is 23.5 Å². The van der Waals surface area contributed by atoms with Gasteiger partial charge in [0.15, 0.2) is 5.16 Å². The molecule has 0 saturated heterocycles. The first-order chi connectivity index (χ1) is 9.97. The number of rotatable bonds is 0. The molecule has 0 saturated carbocycles. The average Bonchev–Trinajstić information content (AvgIpc) is 2.76. The lowest BCUT2D eigenvalue weighted by Crippen LogP contribution is -2.45. The van der Waals surface area contributed by atoms with E-state index in [9.17, 15) is 4.79 Å². The Labute approximate surface area is 144 Å². The van der Waals surface area contributed by atoms with E-state index in [4.69, 9.17) is 4.98 Å². The van der Waals surface area contributed by atoms with Gasteiger partial charge in [0.05, 0.1) is 5.39 Å². The highest BCUT2D eigenvalue weighted by Gasteiger charge is 2.34. The Kier molecular flexibility index (Phi) is 4.08. The Morgan fingerprint density at radius 2 is 2.09 bits per heavy atom. The highest BCUT2D eigenvalue weighted by molar-refractivity contribution is 7.99. The summed E-state index contributed by atoms with van der Waals surface area (Å²) in [6.45, 7) is 6.24. The number of thiophene rings is 1. The third kappa shape index (κ3) is 2.31. The van der Waals surface area contributed by atoms with E-state index in [1.54, 1.807) is 23.1 Å². The molecule has 0 spiro atoms. The van der Waals surface area contributed by atoms with Crippen molar-refractivity contribution in [3.8, 4) is 0 Å². The predicted octanol–water partition coefficient (Wildman–Crippen LogP) is 3.14. The molecule has 4 nitrogen and oxygen atoms in total. The molecule has 2 aromatic rings. The Bertz CT molecular complexity index is 796. The molecule has 2 aliphatic rings. The number of halogens is 1. The summed E-state index contributed by atoms with van der Waals surface area (Å²) in [5, 5.41) is 1.80. The average molecular weight is 358 g/mol. The van der Waals surface area contributed by atoms with E-state index in [0.29, 0.717) is 0 Å². The summed E-state index contributed by atoms with van der Waals surface area (Å²) in [5.74, 6) is 1.07. The second kappa shape index (κ2) is 5.51. The van der Waals surface area contributed by atoms with Crippen molar-refractivity contribution in [1.29, 1.82) is 0 Å². The number of aromatic nitrogens is 2. The zero-order valence-electron chi connectivity index (χ0n) is 13.0. The fraction of sp³-hybridized carbons (Fsp3) is 0.600. The summed E-state index contributed by atoms with van der Waals surface area (Å²) < 4.78 is 1.88. The second-order valence-corrected chi connectivity index (χ2v) is 8.73. The first-order valence-corrected chi connectivity index (χ1v) is 9.17. The van der Waals surface area contributed by atoms with Gasteiger partial charge in [-0.1, -0.05) is 11.8 Å². The van der Waals surface area contributed by atoms with Gasteiger partial charge in [-0.15, -0.1) is 23.7 Å². The van der Waals surface area contributed by atoms with Crippen LogP contribution in [-0.2, 0) is 19.5 Å². The molecular formula is C15H20ClN3OS2. The zero-order valence-corrected chi connectivity index (χ0v) is 15.5. The molecule has 7 heteroatoms. The molecule has 120 valence electrons. The molecule has 0 bridgehead atoms. The van der Waals surface area contributed by atoms with Gasteiger partial charge in [0.1, 0.15) is 4.83 Å². The first-order valence-electron chi connectivity index (χ1n) is 7.36. The number of likely N-dealkylation sites (N-methyl/N-ethyl adjacent to an activating group) is 1. The Hall–Kier alpha value is -0.560. The van der Waals surface area contributed by atoms with Crippen molar-refractivity contribution < 1.29 is 0 Å². The quantitative estimate of drug-likeness (QED) is 0.679. The molecule has 0 aliphatic carbocycles. The minimum Gasteiger partial charge on any atom is -0.296 e. The van der Waals surface area contributed by atoms with Gasteiger partial charge >= 0.3 is 0 Å². The van der Waals surface area contributed by atoms with E-state index < -0.39 is 0 Å². The highest BCUT2D eigenvalue weighted by atomic mass is 35.5. The largest absolute Gasteiger partial charge is 0.296 e. The number of hydrogen-bond donors (Lipinski definition) is 0. The molecule has 4 heterocycles. The van der Waals surface area contributed by atoms with Crippen LogP contribution in [0.5, 0.6) is 0 Å². The van der Waals surface area contributed by atoms with Gasteiger partial charge in [-0.3, -0.25) is 14.3 Å². The van der Waals surface area contributed by atoms with Crippen molar-refractivity contribution in [2.45, 2.75) is 50.5 Å². The molecule has 0 unspecified atom stereocenters. The van der Waals surface area contributed by atoms with Gasteiger partial charge in [-0.25, -0.2) is 4.98 Å². The van der Waals surface area contributed by atoms with Crippen molar-refractivity contribution in [3.05, 3.63) is 20.8 Å². The standard InChI is InChI=1S/C15H19N3OS2.ClH/c1-15(2)7-9-10(8-17(15)3)21-12-11(9)13(19)18-5-4-6-20-14(18)16-12;/h4-8H2,1-3H3;1H. The van der Waals surface area contributed by atoms with E-state index in [2.05, 4.69) is 25.8 Å². The van der Waals surface area contributed by atoms with Crippen LogP contribution in [-0.4, -0.2) is 32.8 Å². The number of hydrogen-bond acceptors (Lipinski definition) is 5. The van der Waals surface area contributed by atoms with Crippen molar-refractivity contribution in [1.82, 2.24) is 14.5 Å². The van der Waals surface area contributed by atoms with Crippen molar-refractivity contribution in [2.24, 2.45) is 0 Å². The highest BCUT2D eigenvalue weighted by Crippen LogP contribution is 2.38. The van der Waals surface area contributed by atoms with Gasteiger partial charge in [-0.2, -0.15) is 0 Å². The van der Waals surface area contributed by atoms with Crippen molar-refractivity contribution in [3.63, 3.8) is 0 Å². The van der Waals surface area contributed by atoms with Gasteiger partial charge in [0.25, 0.3) is 5.56 Å². The summed E-state index contributed by atoms with van der Waals surface area (Å²) in [7, 11) is 2.16. The van der Waals surface area contributed by atoms with Gasteiger partial charge in [-0.05, 0) is 39.3 Å². The number of nitrogens with zero attached hydrogens (tertiary/aromatic N) is 3. The summed E-state index contributed by atoms with van der Waals surface area (Å²) in [5.41, 5.74) is 1.53. The van der Waals surface area contributed by atoms with Crippen molar-refractivity contribution in [2.75, 3.05) is 12.8 Å². The van der Waals surface area contributed by atoms with Crippen LogP contribution in [0.4, 0.5) is 0 Å².